The Morgan fingerprint density at radius 2 is 1.71 bits per heavy atom. The number of aryl methyl sites for hydroxylation is 1. The van der Waals surface area contributed by atoms with Gasteiger partial charge >= 0.3 is 0 Å². The van der Waals surface area contributed by atoms with Crippen molar-refractivity contribution in [1.82, 2.24) is 9.97 Å². The second-order valence-electron chi connectivity index (χ2n) is 6.24. The van der Waals surface area contributed by atoms with E-state index in [0.29, 0.717) is 17.3 Å². The number of methoxy groups -OCH3 is 2. The van der Waals surface area contributed by atoms with Crippen molar-refractivity contribution < 1.29 is 9.47 Å². The maximum atomic E-state index is 5.42. The molecule has 0 bridgehead atoms. The second kappa shape index (κ2) is 7.86. The van der Waals surface area contributed by atoms with Crippen LogP contribution in [-0.4, -0.2) is 24.2 Å². The van der Waals surface area contributed by atoms with E-state index in [1.807, 2.05) is 48.5 Å². The summed E-state index contributed by atoms with van der Waals surface area (Å²) in [4.78, 5) is 11.9. The Bertz CT molecular complexity index is 1110. The van der Waals surface area contributed by atoms with Gasteiger partial charge in [0.1, 0.15) is 10.6 Å². The van der Waals surface area contributed by atoms with Crippen molar-refractivity contribution in [2.45, 2.75) is 13.3 Å². The van der Waals surface area contributed by atoms with Gasteiger partial charge in [0.15, 0.2) is 17.3 Å². The molecule has 0 radical (unpaired) electrons. The van der Waals surface area contributed by atoms with Crippen molar-refractivity contribution in [2.24, 2.45) is 0 Å². The molecule has 0 spiro atoms. The van der Waals surface area contributed by atoms with Crippen LogP contribution in [0.4, 0.5) is 11.5 Å². The average Bonchev–Trinajstić information content (AvgIpc) is 3.18. The number of aromatic nitrogens is 2. The Labute approximate surface area is 168 Å². The topological polar surface area (TPSA) is 56.3 Å². The maximum absolute atomic E-state index is 5.42. The normalized spacial score (nSPS) is 10.8. The van der Waals surface area contributed by atoms with E-state index in [1.54, 1.807) is 25.6 Å². The first-order valence-corrected chi connectivity index (χ1v) is 9.88. The zero-order valence-corrected chi connectivity index (χ0v) is 16.8. The number of nitrogens with zero attached hydrogens (tertiary/aromatic N) is 2. The van der Waals surface area contributed by atoms with Gasteiger partial charge in [-0.15, -0.1) is 11.3 Å². The molecule has 2 aromatic carbocycles. The van der Waals surface area contributed by atoms with E-state index in [-0.39, 0.29) is 0 Å². The van der Waals surface area contributed by atoms with Gasteiger partial charge in [-0.1, -0.05) is 37.3 Å². The van der Waals surface area contributed by atoms with Crippen molar-refractivity contribution >= 4 is 33.1 Å². The third-order valence-electron chi connectivity index (χ3n) is 4.47. The van der Waals surface area contributed by atoms with Gasteiger partial charge in [-0.25, -0.2) is 9.97 Å². The van der Waals surface area contributed by atoms with Crippen LogP contribution in [0.1, 0.15) is 11.8 Å². The van der Waals surface area contributed by atoms with Gasteiger partial charge in [-0.3, -0.25) is 0 Å². The summed E-state index contributed by atoms with van der Waals surface area (Å²) in [6, 6.07) is 17.9. The van der Waals surface area contributed by atoms with Gasteiger partial charge in [0.25, 0.3) is 0 Å². The molecule has 4 rings (SSSR count). The lowest BCUT2D eigenvalue weighted by Gasteiger charge is -2.12. The molecule has 28 heavy (non-hydrogen) atoms. The number of thiophene rings is 1. The minimum absolute atomic E-state index is 0.667. The monoisotopic (exact) mass is 391 g/mol. The van der Waals surface area contributed by atoms with Crippen molar-refractivity contribution in [3.63, 3.8) is 0 Å². The fraction of sp³-hybridized carbons (Fsp3) is 0.182. The highest BCUT2D eigenvalue weighted by Crippen LogP contribution is 2.35. The van der Waals surface area contributed by atoms with Crippen LogP contribution >= 0.6 is 11.3 Å². The summed E-state index contributed by atoms with van der Waals surface area (Å²) in [5, 5.41) is 4.46. The highest BCUT2D eigenvalue weighted by Gasteiger charge is 2.14. The zero-order chi connectivity index (χ0) is 19.5. The van der Waals surface area contributed by atoms with E-state index < -0.39 is 0 Å². The molecule has 0 atom stereocenters. The maximum Gasteiger partial charge on any atom is 0.163 e. The summed E-state index contributed by atoms with van der Waals surface area (Å²) in [5.41, 5.74) is 1.87. The highest BCUT2D eigenvalue weighted by molar-refractivity contribution is 7.18. The molecule has 2 aromatic heterocycles. The van der Waals surface area contributed by atoms with Crippen LogP contribution in [0.5, 0.6) is 11.5 Å². The van der Waals surface area contributed by atoms with Crippen LogP contribution in [0.25, 0.3) is 21.6 Å². The molecule has 142 valence electrons. The Morgan fingerprint density at radius 3 is 2.43 bits per heavy atom. The number of nitrogens with one attached hydrogen (secondary N) is 1. The van der Waals surface area contributed by atoms with Crippen LogP contribution in [-0.2, 0) is 6.42 Å². The fourth-order valence-corrected chi connectivity index (χ4v) is 3.98. The van der Waals surface area contributed by atoms with Gasteiger partial charge in [0.05, 0.1) is 19.6 Å². The average molecular weight is 391 g/mol. The first-order chi connectivity index (χ1) is 13.7. The van der Waals surface area contributed by atoms with E-state index in [2.05, 4.69) is 18.3 Å². The largest absolute Gasteiger partial charge is 0.493 e. The molecule has 0 aliphatic rings. The van der Waals surface area contributed by atoms with Crippen LogP contribution in [0.3, 0.4) is 0 Å². The van der Waals surface area contributed by atoms with Crippen molar-refractivity contribution in [3.8, 4) is 22.9 Å². The molecular formula is C22H21N3O2S. The Balaban J connectivity index is 1.82. The van der Waals surface area contributed by atoms with Gasteiger partial charge in [0.2, 0.25) is 0 Å². The third kappa shape index (κ3) is 3.51. The number of benzene rings is 2. The number of hydrogen-bond acceptors (Lipinski definition) is 6. The van der Waals surface area contributed by atoms with Crippen LogP contribution in [0.15, 0.2) is 54.6 Å². The molecule has 6 heteroatoms. The number of rotatable bonds is 6. The van der Waals surface area contributed by atoms with E-state index in [4.69, 9.17) is 19.4 Å². The molecule has 5 nitrogen and oxygen atoms in total. The van der Waals surface area contributed by atoms with Gasteiger partial charge in [-0.05, 0) is 24.6 Å². The predicted molar refractivity (Wildman–Crippen MR) is 115 cm³/mol. The SMILES string of the molecule is CCc1cc2c(Nc3ccc(OC)c(OC)c3)nc(-c3ccccc3)nc2s1. The third-order valence-corrected chi connectivity index (χ3v) is 5.64. The van der Waals surface area contributed by atoms with E-state index in [9.17, 15) is 0 Å². The standard InChI is InChI=1S/C22H21N3O2S/c1-4-16-13-17-21(23-15-10-11-18(26-2)19(12-15)27-3)24-20(25-22(17)28-16)14-8-6-5-7-9-14/h5-13H,4H2,1-3H3,(H,23,24,25). The Morgan fingerprint density at radius 1 is 0.929 bits per heavy atom. The first kappa shape index (κ1) is 18.3. The van der Waals surface area contributed by atoms with E-state index >= 15 is 0 Å². The minimum Gasteiger partial charge on any atom is -0.493 e. The quantitative estimate of drug-likeness (QED) is 0.458. The Hall–Kier alpha value is -3.12. The van der Waals surface area contributed by atoms with E-state index in [0.717, 1.165) is 33.7 Å². The molecule has 0 aliphatic carbocycles. The zero-order valence-electron chi connectivity index (χ0n) is 16.0. The van der Waals surface area contributed by atoms with Gasteiger partial charge < -0.3 is 14.8 Å². The van der Waals surface area contributed by atoms with Crippen molar-refractivity contribution in [1.29, 1.82) is 0 Å². The van der Waals surface area contributed by atoms with E-state index in [1.165, 1.54) is 4.88 Å². The molecule has 0 saturated carbocycles. The van der Waals surface area contributed by atoms with Crippen molar-refractivity contribution in [2.75, 3.05) is 19.5 Å². The van der Waals surface area contributed by atoms with Crippen LogP contribution in [0, 0.1) is 0 Å². The molecule has 0 amide bonds. The highest BCUT2D eigenvalue weighted by atomic mass is 32.1. The molecule has 1 N–H and O–H groups in total. The summed E-state index contributed by atoms with van der Waals surface area (Å²) >= 11 is 1.71. The molecular weight excluding hydrogens is 370 g/mol. The molecule has 0 saturated heterocycles. The summed E-state index contributed by atoms with van der Waals surface area (Å²) in [6.07, 6.45) is 0.970. The summed E-state index contributed by atoms with van der Waals surface area (Å²) in [7, 11) is 3.26. The van der Waals surface area contributed by atoms with Gasteiger partial charge in [0, 0.05) is 22.2 Å². The number of ether oxygens (including phenoxy) is 2. The molecule has 2 heterocycles. The van der Waals surface area contributed by atoms with Crippen LogP contribution < -0.4 is 14.8 Å². The summed E-state index contributed by atoms with van der Waals surface area (Å²) in [5.74, 6) is 2.85. The lowest BCUT2D eigenvalue weighted by Crippen LogP contribution is -1.99. The molecule has 0 aliphatic heterocycles. The van der Waals surface area contributed by atoms with Crippen LogP contribution in [0.2, 0.25) is 0 Å². The smallest absolute Gasteiger partial charge is 0.163 e. The Kier molecular flexibility index (Phi) is 5.12. The fourth-order valence-electron chi connectivity index (χ4n) is 3.01. The molecule has 0 unspecified atom stereocenters. The minimum atomic E-state index is 0.667. The predicted octanol–water partition coefficient (Wildman–Crippen LogP) is 5.68. The lowest BCUT2D eigenvalue weighted by atomic mass is 10.2. The second-order valence-corrected chi connectivity index (χ2v) is 7.36. The molecule has 0 fully saturated rings. The summed E-state index contributed by atoms with van der Waals surface area (Å²) in [6.45, 7) is 2.15. The van der Waals surface area contributed by atoms with Crippen molar-refractivity contribution in [3.05, 3.63) is 59.5 Å². The summed E-state index contributed by atoms with van der Waals surface area (Å²) < 4.78 is 10.8. The lowest BCUT2D eigenvalue weighted by molar-refractivity contribution is 0.355. The first-order valence-electron chi connectivity index (χ1n) is 9.06. The number of anilines is 2. The number of hydrogen-bond donors (Lipinski definition) is 1. The number of fused-ring (bicyclic) bond motifs is 1. The molecule has 4 aromatic rings. The van der Waals surface area contributed by atoms with Gasteiger partial charge in [-0.2, -0.15) is 0 Å².